The molecule has 0 saturated carbocycles. The average molecular weight is 476 g/mol. The Kier molecular flexibility index (Phi) is 7.07. The number of rotatable bonds is 6. The Balaban J connectivity index is 1.57. The summed E-state index contributed by atoms with van der Waals surface area (Å²) >= 11 is 7.35. The van der Waals surface area contributed by atoms with Gasteiger partial charge >= 0.3 is 11.9 Å². The number of benzene rings is 3. The maximum Gasteiger partial charge on any atom is 0.344 e. The van der Waals surface area contributed by atoms with Crippen molar-refractivity contribution in [1.29, 1.82) is 0 Å². The van der Waals surface area contributed by atoms with Crippen molar-refractivity contribution >= 4 is 52.3 Å². The van der Waals surface area contributed by atoms with Gasteiger partial charge in [-0.1, -0.05) is 59.8 Å². The van der Waals surface area contributed by atoms with Gasteiger partial charge < -0.3 is 9.47 Å². The zero-order valence-electron chi connectivity index (χ0n) is 17.5. The Labute approximate surface area is 200 Å². The molecule has 0 aliphatic carbocycles. The van der Waals surface area contributed by atoms with E-state index in [1.54, 1.807) is 72.9 Å². The van der Waals surface area contributed by atoms with E-state index in [4.69, 9.17) is 21.1 Å². The third kappa shape index (κ3) is 5.61. The van der Waals surface area contributed by atoms with Crippen molar-refractivity contribution in [2.45, 2.75) is 4.90 Å². The van der Waals surface area contributed by atoms with Gasteiger partial charge in [0, 0.05) is 21.5 Å². The number of aromatic nitrogens is 1. The molecule has 4 rings (SSSR count). The highest BCUT2D eigenvalue weighted by Gasteiger charge is 2.15. The van der Waals surface area contributed by atoms with Crippen LogP contribution in [0.5, 0.6) is 5.75 Å². The Bertz CT molecular complexity index is 1340. The monoisotopic (exact) mass is 475 g/mol. The van der Waals surface area contributed by atoms with E-state index in [1.165, 1.54) is 18.9 Å². The first-order valence-corrected chi connectivity index (χ1v) is 11.1. The van der Waals surface area contributed by atoms with Crippen LogP contribution in [0.2, 0.25) is 5.02 Å². The molecule has 0 bridgehead atoms. The van der Waals surface area contributed by atoms with Crippen molar-refractivity contribution in [2.24, 2.45) is 0 Å². The van der Waals surface area contributed by atoms with Crippen LogP contribution in [0.3, 0.4) is 0 Å². The molecule has 1 heterocycles. The molecule has 3 aromatic carbocycles. The zero-order valence-corrected chi connectivity index (χ0v) is 19.1. The highest BCUT2D eigenvalue weighted by Crippen LogP contribution is 2.34. The summed E-state index contributed by atoms with van der Waals surface area (Å²) in [7, 11) is 1.34. The molecule has 0 aliphatic heterocycles. The number of carbonyl (C=O) groups is 2. The van der Waals surface area contributed by atoms with Crippen LogP contribution in [0, 0.1) is 0 Å². The third-order valence-electron chi connectivity index (χ3n) is 4.67. The van der Waals surface area contributed by atoms with E-state index in [2.05, 4.69) is 4.98 Å². The van der Waals surface area contributed by atoms with Crippen LogP contribution in [-0.2, 0) is 9.53 Å². The van der Waals surface area contributed by atoms with Crippen molar-refractivity contribution in [3.63, 3.8) is 0 Å². The van der Waals surface area contributed by atoms with Crippen LogP contribution in [0.15, 0.2) is 94.9 Å². The van der Waals surface area contributed by atoms with Crippen molar-refractivity contribution in [1.82, 2.24) is 4.98 Å². The van der Waals surface area contributed by atoms with E-state index in [0.29, 0.717) is 21.2 Å². The number of hydrogen-bond donors (Lipinski definition) is 0. The van der Waals surface area contributed by atoms with Crippen LogP contribution < -0.4 is 4.74 Å². The van der Waals surface area contributed by atoms with Crippen molar-refractivity contribution in [3.05, 3.63) is 106 Å². The van der Waals surface area contributed by atoms with E-state index < -0.39 is 11.9 Å². The number of hydrogen-bond acceptors (Lipinski definition) is 6. The second kappa shape index (κ2) is 10.3. The molecule has 0 radical (unpaired) electrons. The molecule has 0 saturated heterocycles. The van der Waals surface area contributed by atoms with Crippen LogP contribution >= 0.6 is 23.4 Å². The van der Waals surface area contributed by atoms with E-state index in [-0.39, 0.29) is 0 Å². The van der Waals surface area contributed by atoms with Gasteiger partial charge in [-0.2, -0.15) is 0 Å². The fourth-order valence-electron chi connectivity index (χ4n) is 3.06. The van der Waals surface area contributed by atoms with Gasteiger partial charge in [0.05, 0.1) is 23.1 Å². The molecule has 4 aromatic rings. The molecule has 7 heteroatoms. The van der Waals surface area contributed by atoms with Gasteiger partial charge in [0.2, 0.25) is 0 Å². The summed E-state index contributed by atoms with van der Waals surface area (Å²) in [5, 5.41) is 1.47. The van der Waals surface area contributed by atoms with Gasteiger partial charge in [0.1, 0.15) is 5.75 Å². The minimum Gasteiger partial charge on any atom is -0.465 e. The summed E-state index contributed by atoms with van der Waals surface area (Å²) in [5.74, 6) is -0.488. The van der Waals surface area contributed by atoms with Gasteiger partial charge in [-0.05, 0) is 54.1 Å². The summed E-state index contributed by atoms with van der Waals surface area (Å²) in [6.45, 7) is 0. The molecule has 164 valence electrons. The highest BCUT2D eigenvalue weighted by molar-refractivity contribution is 8.04. The topological polar surface area (TPSA) is 65.5 Å². The average Bonchev–Trinajstić information content (AvgIpc) is 2.84. The largest absolute Gasteiger partial charge is 0.465 e. The summed E-state index contributed by atoms with van der Waals surface area (Å²) in [4.78, 5) is 30.3. The van der Waals surface area contributed by atoms with Gasteiger partial charge in [-0.3, -0.25) is 4.98 Å². The van der Waals surface area contributed by atoms with Crippen LogP contribution in [-0.4, -0.2) is 24.0 Å². The fraction of sp³-hybridized carbons (Fsp3) is 0.0385. The fourth-order valence-corrected chi connectivity index (χ4v) is 4.23. The third-order valence-corrected chi connectivity index (χ3v) is 5.98. The number of thioether (sulfide) groups is 1. The summed E-state index contributed by atoms with van der Waals surface area (Å²) in [6, 6.07) is 22.9. The van der Waals surface area contributed by atoms with Crippen molar-refractivity contribution in [3.8, 4) is 5.75 Å². The number of carbonyl (C=O) groups excluding carboxylic acids is 2. The SMILES string of the molecule is COC(=O)/C(=C\c1ccc(OC(=O)c2ccccc2)cc1)Sc1ccnc2cc(Cl)ccc12. The standard InChI is InChI=1S/C26H18ClNO4S/c1-31-26(30)24(33-23-13-14-28-22-16-19(27)9-12-21(22)23)15-17-7-10-20(11-8-17)32-25(29)18-5-3-2-4-6-18/h2-16H,1H3/b24-15+. The molecule has 1 aromatic heterocycles. The second-order valence-corrected chi connectivity index (χ2v) is 8.42. The minimum absolute atomic E-state index is 0.397. The quantitative estimate of drug-likeness (QED) is 0.139. The Hall–Kier alpha value is -3.61. The molecular formula is C26H18ClNO4S. The van der Waals surface area contributed by atoms with Crippen molar-refractivity contribution < 1.29 is 19.1 Å². The van der Waals surface area contributed by atoms with E-state index in [0.717, 1.165) is 21.4 Å². The Morgan fingerprint density at radius 2 is 1.73 bits per heavy atom. The van der Waals surface area contributed by atoms with E-state index >= 15 is 0 Å². The highest BCUT2D eigenvalue weighted by atomic mass is 35.5. The molecule has 0 aliphatic rings. The Morgan fingerprint density at radius 3 is 2.45 bits per heavy atom. The smallest absolute Gasteiger partial charge is 0.344 e. The van der Waals surface area contributed by atoms with Gasteiger partial charge in [-0.15, -0.1) is 0 Å². The number of pyridine rings is 1. The molecule has 0 N–H and O–H groups in total. The predicted octanol–water partition coefficient (Wildman–Crippen LogP) is 6.41. The summed E-state index contributed by atoms with van der Waals surface area (Å²) in [5.41, 5.74) is 1.96. The molecule has 33 heavy (non-hydrogen) atoms. The van der Waals surface area contributed by atoms with Crippen LogP contribution in [0.25, 0.3) is 17.0 Å². The van der Waals surface area contributed by atoms with E-state index in [9.17, 15) is 9.59 Å². The predicted molar refractivity (Wildman–Crippen MR) is 130 cm³/mol. The number of methoxy groups -OCH3 is 1. The zero-order chi connectivity index (χ0) is 23.2. The maximum atomic E-state index is 12.5. The summed E-state index contributed by atoms with van der Waals surface area (Å²) in [6.07, 6.45) is 3.40. The van der Waals surface area contributed by atoms with Crippen LogP contribution in [0.4, 0.5) is 0 Å². The minimum atomic E-state index is -0.460. The molecule has 0 unspecified atom stereocenters. The normalized spacial score (nSPS) is 11.3. The van der Waals surface area contributed by atoms with Gasteiger partial charge in [-0.25, -0.2) is 9.59 Å². The molecule has 0 amide bonds. The molecule has 5 nitrogen and oxygen atoms in total. The number of esters is 2. The van der Waals surface area contributed by atoms with Crippen LogP contribution in [0.1, 0.15) is 15.9 Å². The lowest BCUT2D eigenvalue weighted by molar-refractivity contribution is -0.135. The second-order valence-electron chi connectivity index (χ2n) is 6.90. The van der Waals surface area contributed by atoms with Crippen molar-refractivity contribution in [2.75, 3.05) is 7.11 Å². The number of halogens is 1. The summed E-state index contributed by atoms with van der Waals surface area (Å²) < 4.78 is 10.4. The molecule has 0 spiro atoms. The number of nitrogens with zero attached hydrogens (tertiary/aromatic N) is 1. The van der Waals surface area contributed by atoms with Gasteiger partial charge in [0.15, 0.2) is 0 Å². The first-order chi connectivity index (χ1) is 16.0. The Morgan fingerprint density at radius 1 is 0.970 bits per heavy atom. The lowest BCUT2D eigenvalue weighted by Crippen LogP contribution is -2.07. The molecular weight excluding hydrogens is 458 g/mol. The number of fused-ring (bicyclic) bond motifs is 1. The lowest BCUT2D eigenvalue weighted by Gasteiger charge is -2.09. The molecule has 0 fully saturated rings. The van der Waals surface area contributed by atoms with E-state index in [1.807, 2.05) is 18.2 Å². The lowest BCUT2D eigenvalue weighted by atomic mass is 10.2. The first-order valence-electron chi connectivity index (χ1n) is 9.93. The number of ether oxygens (including phenoxy) is 2. The molecule has 0 atom stereocenters. The first kappa shape index (κ1) is 22.6. The maximum absolute atomic E-state index is 12.5. The van der Waals surface area contributed by atoms with Gasteiger partial charge in [0.25, 0.3) is 0 Å².